The van der Waals surface area contributed by atoms with E-state index >= 15 is 0 Å². The van der Waals surface area contributed by atoms with Gasteiger partial charge in [-0.15, -0.1) is 0 Å². The monoisotopic (exact) mass is 350 g/mol. The third-order valence-electron chi connectivity index (χ3n) is 3.74. The normalized spacial score (nSPS) is 11.2. The van der Waals surface area contributed by atoms with Gasteiger partial charge >= 0.3 is 5.97 Å². The van der Waals surface area contributed by atoms with Crippen molar-refractivity contribution in [3.05, 3.63) is 46.2 Å². The first kappa shape index (κ1) is 18.1. The molecule has 0 saturated heterocycles. The number of esters is 1. The van der Waals surface area contributed by atoms with Gasteiger partial charge in [-0.25, -0.2) is 14.2 Å². The number of halogens is 1. The highest BCUT2D eigenvalue weighted by Gasteiger charge is 2.33. The molecule has 0 radical (unpaired) electrons. The lowest BCUT2D eigenvalue weighted by Gasteiger charge is -2.23. The van der Waals surface area contributed by atoms with Crippen LogP contribution in [-0.4, -0.2) is 24.0 Å². The number of methoxy groups -OCH3 is 1. The minimum Gasteiger partial charge on any atom is -0.465 e. The molecule has 0 unspecified atom stereocenters. The average Bonchev–Trinajstić information content (AvgIpc) is 2.97. The van der Waals surface area contributed by atoms with Gasteiger partial charge in [0.1, 0.15) is 10.7 Å². The lowest BCUT2D eigenvalue weighted by atomic mass is 9.83. The Morgan fingerprint density at radius 1 is 1.33 bits per heavy atom. The second-order valence-corrected chi connectivity index (χ2v) is 6.70. The molecule has 0 saturated carbocycles. The molecule has 1 aromatic heterocycles. The zero-order valence-electron chi connectivity index (χ0n) is 14.0. The molecule has 2 aromatic rings. The number of nitrogens with zero attached hydrogens (tertiary/aromatic N) is 1. The van der Waals surface area contributed by atoms with Gasteiger partial charge in [0, 0.05) is 5.56 Å². The molecule has 128 valence electrons. The van der Waals surface area contributed by atoms with Crippen LogP contribution in [0.4, 0.5) is 9.52 Å². The van der Waals surface area contributed by atoms with Crippen molar-refractivity contribution in [1.29, 1.82) is 0 Å². The number of hydrogen-bond acceptors (Lipinski definition) is 5. The smallest absolute Gasteiger partial charge is 0.350 e. The van der Waals surface area contributed by atoms with Gasteiger partial charge in [-0.3, -0.25) is 4.79 Å². The average molecular weight is 350 g/mol. The minimum atomic E-state index is -1.09. The second-order valence-electron chi connectivity index (χ2n) is 5.70. The molecule has 0 aliphatic rings. The summed E-state index contributed by atoms with van der Waals surface area (Å²) < 4.78 is 18.7. The molecular formula is C17H19FN2O3S. The highest BCUT2D eigenvalue weighted by Crippen LogP contribution is 2.30. The maximum atomic E-state index is 14.0. The first-order valence-electron chi connectivity index (χ1n) is 7.45. The van der Waals surface area contributed by atoms with E-state index in [4.69, 9.17) is 4.74 Å². The largest absolute Gasteiger partial charge is 0.465 e. The molecule has 1 amide bonds. The van der Waals surface area contributed by atoms with Crippen LogP contribution in [0, 0.1) is 5.82 Å². The molecule has 0 aliphatic carbocycles. The van der Waals surface area contributed by atoms with Crippen molar-refractivity contribution in [2.75, 3.05) is 12.4 Å². The lowest BCUT2D eigenvalue weighted by molar-refractivity contribution is -0.120. The van der Waals surface area contributed by atoms with Crippen molar-refractivity contribution in [3.63, 3.8) is 0 Å². The van der Waals surface area contributed by atoms with Gasteiger partial charge in [-0.1, -0.05) is 36.5 Å². The number of aromatic nitrogens is 1. The Bertz CT molecular complexity index is 771. The minimum absolute atomic E-state index is 0.293. The summed E-state index contributed by atoms with van der Waals surface area (Å²) in [6, 6.07) is 6.15. The van der Waals surface area contributed by atoms with Crippen LogP contribution in [0.25, 0.3) is 0 Å². The van der Waals surface area contributed by atoms with Crippen molar-refractivity contribution < 1.29 is 18.7 Å². The van der Waals surface area contributed by atoms with E-state index in [9.17, 15) is 14.0 Å². The number of thiazole rings is 1. The Balaban J connectivity index is 2.28. The molecule has 0 bridgehead atoms. The van der Waals surface area contributed by atoms with E-state index in [-0.39, 0.29) is 0 Å². The topological polar surface area (TPSA) is 68.3 Å². The van der Waals surface area contributed by atoms with E-state index in [2.05, 4.69) is 10.3 Å². The number of benzene rings is 1. The summed E-state index contributed by atoms with van der Waals surface area (Å²) in [6.45, 7) is 5.13. The molecule has 24 heavy (non-hydrogen) atoms. The number of ether oxygens (including phenoxy) is 1. The molecule has 0 aliphatic heterocycles. The molecule has 0 fully saturated rings. The Kier molecular flexibility index (Phi) is 5.33. The molecule has 5 nitrogen and oxygen atoms in total. The number of carbonyl (C=O) groups excluding carboxylic acids is 2. The Morgan fingerprint density at radius 3 is 2.58 bits per heavy atom. The van der Waals surface area contributed by atoms with Gasteiger partial charge in [0.15, 0.2) is 5.13 Å². The number of rotatable bonds is 5. The van der Waals surface area contributed by atoms with E-state index in [0.29, 0.717) is 27.7 Å². The van der Waals surface area contributed by atoms with Crippen LogP contribution < -0.4 is 5.32 Å². The first-order valence-corrected chi connectivity index (χ1v) is 8.27. The third kappa shape index (κ3) is 3.46. The molecule has 0 atom stereocenters. The van der Waals surface area contributed by atoms with Crippen LogP contribution in [0.15, 0.2) is 24.3 Å². The Labute approximate surface area is 143 Å². The number of hydrogen-bond donors (Lipinski definition) is 1. The zero-order valence-corrected chi connectivity index (χ0v) is 14.8. The number of carbonyl (C=O) groups is 2. The van der Waals surface area contributed by atoms with Gasteiger partial charge in [-0.2, -0.15) is 0 Å². The van der Waals surface area contributed by atoms with Crippen molar-refractivity contribution in [1.82, 2.24) is 4.98 Å². The van der Waals surface area contributed by atoms with Gasteiger partial charge in [0.05, 0.1) is 18.2 Å². The van der Waals surface area contributed by atoms with E-state index in [1.807, 2.05) is 6.92 Å². The third-order valence-corrected chi connectivity index (χ3v) is 4.73. The van der Waals surface area contributed by atoms with Crippen molar-refractivity contribution in [2.45, 2.75) is 32.6 Å². The van der Waals surface area contributed by atoms with E-state index in [1.165, 1.54) is 13.2 Å². The summed E-state index contributed by atoms with van der Waals surface area (Å²) in [4.78, 5) is 29.0. The van der Waals surface area contributed by atoms with Gasteiger partial charge < -0.3 is 10.1 Å². The number of nitrogens with one attached hydrogen (secondary N) is 1. The number of aryl methyl sites for hydroxylation is 1. The highest BCUT2D eigenvalue weighted by atomic mass is 32.1. The molecule has 0 spiro atoms. The molecule has 1 heterocycles. The summed E-state index contributed by atoms with van der Waals surface area (Å²) >= 11 is 1.05. The molecule has 2 rings (SSSR count). The maximum Gasteiger partial charge on any atom is 0.350 e. The lowest BCUT2D eigenvalue weighted by Crippen LogP contribution is -2.35. The van der Waals surface area contributed by atoms with E-state index in [0.717, 1.165) is 11.3 Å². The summed E-state index contributed by atoms with van der Waals surface area (Å²) in [7, 11) is 1.29. The summed E-state index contributed by atoms with van der Waals surface area (Å²) in [5.74, 6) is -1.33. The zero-order chi connectivity index (χ0) is 17.9. The molecule has 7 heteroatoms. The number of amides is 1. The standard InChI is InChI=1S/C17H19FN2O3S/c1-5-12-13(14(21)23-4)24-16(19-12)20-15(22)17(2,3)10-8-6-7-9-11(10)18/h6-9H,5H2,1-4H3,(H,19,20,22). The van der Waals surface area contributed by atoms with Crippen LogP contribution in [0.5, 0.6) is 0 Å². The van der Waals surface area contributed by atoms with Crippen molar-refractivity contribution in [3.8, 4) is 0 Å². The van der Waals surface area contributed by atoms with Crippen LogP contribution in [0.3, 0.4) is 0 Å². The molecule has 1 N–H and O–H groups in total. The van der Waals surface area contributed by atoms with Crippen LogP contribution in [-0.2, 0) is 21.4 Å². The van der Waals surface area contributed by atoms with Gasteiger partial charge in [-0.05, 0) is 26.3 Å². The fraction of sp³-hybridized carbons (Fsp3) is 0.353. The Hall–Kier alpha value is -2.28. The second kappa shape index (κ2) is 7.09. The van der Waals surface area contributed by atoms with Crippen LogP contribution >= 0.6 is 11.3 Å². The van der Waals surface area contributed by atoms with Gasteiger partial charge in [0.2, 0.25) is 5.91 Å². The van der Waals surface area contributed by atoms with Crippen molar-refractivity contribution >= 4 is 28.3 Å². The summed E-state index contributed by atoms with van der Waals surface area (Å²) in [5.41, 5.74) is -0.233. The quantitative estimate of drug-likeness (QED) is 0.838. The fourth-order valence-corrected chi connectivity index (χ4v) is 3.21. The Morgan fingerprint density at radius 2 is 2.00 bits per heavy atom. The predicted octanol–water partition coefficient (Wildman–Crippen LogP) is 3.55. The highest BCUT2D eigenvalue weighted by molar-refractivity contribution is 7.17. The predicted molar refractivity (Wildman–Crippen MR) is 90.9 cm³/mol. The summed E-state index contributed by atoms with van der Waals surface area (Å²) in [5, 5.41) is 2.97. The fourth-order valence-electron chi connectivity index (χ4n) is 2.24. The first-order chi connectivity index (χ1) is 11.3. The maximum absolute atomic E-state index is 14.0. The van der Waals surface area contributed by atoms with Crippen molar-refractivity contribution in [2.24, 2.45) is 0 Å². The number of anilines is 1. The molecule has 1 aromatic carbocycles. The van der Waals surface area contributed by atoms with Gasteiger partial charge in [0.25, 0.3) is 0 Å². The van der Waals surface area contributed by atoms with E-state index < -0.39 is 23.1 Å². The van der Waals surface area contributed by atoms with E-state index in [1.54, 1.807) is 32.0 Å². The summed E-state index contributed by atoms with van der Waals surface area (Å²) in [6.07, 6.45) is 0.535. The van der Waals surface area contributed by atoms with Crippen LogP contribution in [0.2, 0.25) is 0 Å². The molecular weight excluding hydrogens is 331 g/mol. The van der Waals surface area contributed by atoms with Crippen LogP contribution in [0.1, 0.15) is 41.7 Å². The SMILES string of the molecule is CCc1nc(NC(=O)C(C)(C)c2ccccc2F)sc1C(=O)OC.